The molecule has 0 heterocycles. The van der Waals surface area contributed by atoms with Crippen molar-refractivity contribution in [1.82, 2.24) is 0 Å². The molecule has 0 aromatic heterocycles. The van der Waals surface area contributed by atoms with Gasteiger partial charge in [0.2, 0.25) is 0 Å². The fourth-order valence-electron chi connectivity index (χ4n) is 1.92. The summed E-state index contributed by atoms with van der Waals surface area (Å²) in [6.07, 6.45) is -0.973. The van der Waals surface area contributed by atoms with E-state index in [9.17, 15) is 9.59 Å². The van der Waals surface area contributed by atoms with E-state index in [0.29, 0.717) is 21.5 Å². The van der Waals surface area contributed by atoms with Gasteiger partial charge in [0.25, 0.3) is 5.91 Å². The van der Waals surface area contributed by atoms with Gasteiger partial charge in [0.05, 0.1) is 0 Å². The number of carbonyl (C=O) groups is 2. The summed E-state index contributed by atoms with van der Waals surface area (Å²) in [5.41, 5.74) is 1.42. The van der Waals surface area contributed by atoms with Crippen LogP contribution in [-0.2, 0) is 14.3 Å². The lowest BCUT2D eigenvalue weighted by Crippen LogP contribution is -2.31. The highest BCUT2D eigenvalue weighted by Gasteiger charge is 2.19. The number of esters is 1. The Hall–Kier alpha value is -2.24. The summed E-state index contributed by atoms with van der Waals surface area (Å²) in [7, 11) is 0. The first-order chi connectivity index (χ1) is 11.8. The molecule has 2 rings (SSSR count). The van der Waals surface area contributed by atoms with Gasteiger partial charge in [0.15, 0.2) is 12.7 Å². The Morgan fingerprint density at radius 3 is 2.40 bits per heavy atom. The van der Waals surface area contributed by atoms with Gasteiger partial charge < -0.3 is 14.8 Å². The Labute approximate surface area is 155 Å². The van der Waals surface area contributed by atoms with Crippen molar-refractivity contribution in [2.24, 2.45) is 0 Å². The monoisotopic (exact) mass is 381 g/mol. The molecule has 2 aromatic rings. The van der Waals surface area contributed by atoms with E-state index in [0.717, 1.165) is 5.56 Å². The first-order valence-electron chi connectivity index (χ1n) is 7.50. The molecule has 0 aliphatic heterocycles. The zero-order valence-electron chi connectivity index (χ0n) is 13.7. The van der Waals surface area contributed by atoms with Gasteiger partial charge in [-0.15, -0.1) is 0 Å². The maximum atomic E-state index is 12.1. The van der Waals surface area contributed by atoms with E-state index in [1.165, 1.54) is 6.92 Å². The lowest BCUT2D eigenvalue weighted by molar-refractivity contribution is -0.155. The normalized spacial score (nSPS) is 11.5. The standard InChI is InChI=1S/C18H17Cl2NO4/c1-11-3-4-14(20)9-16(11)21-18(23)12(2)25-17(22)10-24-15-7-5-13(19)6-8-15/h3-9,12H,10H2,1-2H3,(H,21,23)/t12-/m0/s1. The molecule has 2 aromatic carbocycles. The molecule has 0 unspecified atom stereocenters. The molecule has 1 N–H and O–H groups in total. The van der Waals surface area contributed by atoms with Crippen LogP contribution in [-0.4, -0.2) is 24.6 Å². The van der Waals surface area contributed by atoms with Gasteiger partial charge in [-0.05, 0) is 55.8 Å². The third-order valence-corrected chi connectivity index (χ3v) is 3.79. The second kappa shape index (κ2) is 8.74. The topological polar surface area (TPSA) is 64.6 Å². The van der Waals surface area contributed by atoms with Gasteiger partial charge in [-0.25, -0.2) is 4.79 Å². The van der Waals surface area contributed by atoms with Crippen LogP contribution in [0, 0.1) is 6.92 Å². The minimum absolute atomic E-state index is 0.310. The molecule has 0 bridgehead atoms. The molecule has 5 nitrogen and oxygen atoms in total. The molecular weight excluding hydrogens is 365 g/mol. The van der Waals surface area contributed by atoms with E-state index in [2.05, 4.69) is 5.32 Å². The van der Waals surface area contributed by atoms with E-state index in [1.807, 2.05) is 6.92 Å². The predicted molar refractivity (Wildman–Crippen MR) is 97.3 cm³/mol. The first-order valence-corrected chi connectivity index (χ1v) is 8.25. The first kappa shape index (κ1) is 19.1. The molecule has 0 aliphatic carbocycles. The van der Waals surface area contributed by atoms with Crippen LogP contribution in [0.1, 0.15) is 12.5 Å². The number of hydrogen-bond acceptors (Lipinski definition) is 4. The zero-order valence-corrected chi connectivity index (χ0v) is 15.2. The fourth-order valence-corrected chi connectivity index (χ4v) is 2.22. The smallest absolute Gasteiger partial charge is 0.344 e. The predicted octanol–water partition coefficient (Wildman–Crippen LogP) is 4.25. The average Bonchev–Trinajstić information content (AvgIpc) is 2.57. The lowest BCUT2D eigenvalue weighted by Gasteiger charge is -2.15. The maximum Gasteiger partial charge on any atom is 0.344 e. The Kier molecular flexibility index (Phi) is 6.67. The SMILES string of the molecule is Cc1ccc(Cl)cc1NC(=O)[C@H](C)OC(=O)COc1ccc(Cl)cc1. The average molecular weight is 382 g/mol. The summed E-state index contributed by atoms with van der Waals surface area (Å²) < 4.78 is 10.3. The van der Waals surface area contributed by atoms with Crippen molar-refractivity contribution in [2.75, 3.05) is 11.9 Å². The molecule has 1 amide bonds. The van der Waals surface area contributed by atoms with Crippen LogP contribution >= 0.6 is 23.2 Å². The molecule has 0 radical (unpaired) electrons. The van der Waals surface area contributed by atoms with Crippen LogP contribution in [0.2, 0.25) is 10.0 Å². The molecule has 7 heteroatoms. The minimum Gasteiger partial charge on any atom is -0.482 e. The largest absolute Gasteiger partial charge is 0.482 e. The Bertz CT molecular complexity index is 762. The highest BCUT2D eigenvalue weighted by molar-refractivity contribution is 6.31. The van der Waals surface area contributed by atoms with Crippen LogP contribution < -0.4 is 10.1 Å². The number of rotatable bonds is 6. The number of anilines is 1. The van der Waals surface area contributed by atoms with Crippen molar-refractivity contribution in [3.05, 3.63) is 58.1 Å². The van der Waals surface area contributed by atoms with Crippen molar-refractivity contribution < 1.29 is 19.1 Å². The molecule has 0 aliphatic rings. The van der Waals surface area contributed by atoms with Crippen LogP contribution in [0.4, 0.5) is 5.69 Å². The molecule has 0 saturated heterocycles. The van der Waals surface area contributed by atoms with E-state index in [-0.39, 0.29) is 6.61 Å². The number of benzene rings is 2. The van der Waals surface area contributed by atoms with Crippen molar-refractivity contribution in [3.63, 3.8) is 0 Å². The molecular formula is C18H17Cl2NO4. The van der Waals surface area contributed by atoms with Crippen molar-refractivity contribution in [1.29, 1.82) is 0 Å². The number of amides is 1. The van der Waals surface area contributed by atoms with Crippen molar-refractivity contribution in [2.45, 2.75) is 20.0 Å². The number of carbonyl (C=O) groups excluding carboxylic acids is 2. The Balaban J connectivity index is 1.84. The van der Waals surface area contributed by atoms with Gasteiger partial charge >= 0.3 is 5.97 Å². The summed E-state index contributed by atoms with van der Waals surface area (Å²) in [5, 5.41) is 3.75. The Morgan fingerprint density at radius 2 is 1.72 bits per heavy atom. The number of aryl methyl sites for hydroxylation is 1. The number of hydrogen-bond donors (Lipinski definition) is 1. The van der Waals surface area contributed by atoms with Gasteiger partial charge in [-0.3, -0.25) is 4.79 Å². The van der Waals surface area contributed by atoms with E-state index >= 15 is 0 Å². The van der Waals surface area contributed by atoms with Gasteiger partial charge in [0.1, 0.15) is 5.75 Å². The number of halogens is 2. The molecule has 1 atom stereocenters. The molecule has 0 saturated carbocycles. The summed E-state index contributed by atoms with van der Waals surface area (Å²) in [6, 6.07) is 11.7. The summed E-state index contributed by atoms with van der Waals surface area (Å²) >= 11 is 11.7. The van der Waals surface area contributed by atoms with E-state index in [4.69, 9.17) is 32.7 Å². The van der Waals surface area contributed by atoms with E-state index < -0.39 is 18.0 Å². The van der Waals surface area contributed by atoms with E-state index in [1.54, 1.807) is 42.5 Å². The maximum absolute atomic E-state index is 12.1. The summed E-state index contributed by atoms with van der Waals surface area (Å²) in [4.78, 5) is 23.9. The quantitative estimate of drug-likeness (QED) is 0.759. The highest BCUT2D eigenvalue weighted by Crippen LogP contribution is 2.20. The third-order valence-electron chi connectivity index (χ3n) is 3.31. The third kappa shape index (κ3) is 5.96. The Morgan fingerprint density at radius 1 is 1.08 bits per heavy atom. The fraction of sp³-hybridized carbons (Fsp3) is 0.222. The second-order valence-electron chi connectivity index (χ2n) is 5.32. The van der Waals surface area contributed by atoms with Crippen LogP contribution in [0.3, 0.4) is 0 Å². The highest BCUT2D eigenvalue weighted by atomic mass is 35.5. The van der Waals surface area contributed by atoms with Gasteiger partial charge in [0, 0.05) is 15.7 Å². The summed E-state index contributed by atoms with van der Waals surface area (Å²) in [5.74, 6) is -0.626. The number of nitrogens with one attached hydrogen (secondary N) is 1. The van der Waals surface area contributed by atoms with Crippen LogP contribution in [0.25, 0.3) is 0 Å². The zero-order chi connectivity index (χ0) is 18.4. The summed E-state index contributed by atoms with van der Waals surface area (Å²) in [6.45, 7) is 3.01. The molecule has 0 spiro atoms. The molecule has 25 heavy (non-hydrogen) atoms. The second-order valence-corrected chi connectivity index (χ2v) is 6.20. The molecule has 0 fully saturated rings. The van der Waals surface area contributed by atoms with Crippen molar-refractivity contribution >= 4 is 40.8 Å². The number of ether oxygens (including phenoxy) is 2. The lowest BCUT2D eigenvalue weighted by atomic mass is 10.2. The van der Waals surface area contributed by atoms with Gasteiger partial charge in [-0.1, -0.05) is 29.3 Å². The molecule has 132 valence electrons. The van der Waals surface area contributed by atoms with Gasteiger partial charge in [-0.2, -0.15) is 0 Å². The van der Waals surface area contributed by atoms with Crippen LogP contribution in [0.15, 0.2) is 42.5 Å². The van der Waals surface area contributed by atoms with Crippen molar-refractivity contribution in [3.8, 4) is 5.75 Å². The van der Waals surface area contributed by atoms with Crippen LogP contribution in [0.5, 0.6) is 5.75 Å². The minimum atomic E-state index is -0.973.